The Balaban J connectivity index is 1.38. The molecule has 0 spiro atoms. The first-order valence-corrected chi connectivity index (χ1v) is 10.5. The number of carbonyl (C=O) groups is 1. The van der Waals surface area contributed by atoms with Crippen LogP contribution in [-0.2, 0) is 19.5 Å². The molecule has 1 unspecified atom stereocenters. The largest absolute Gasteiger partial charge is 0.491 e. The summed E-state index contributed by atoms with van der Waals surface area (Å²) in [7, 11) is 0. The van der Waals surface area contributed by atoms with Crippen LogP contribution in [0.4, 0.5) is 0 Å². The number of benzene rings is 1. The normalized spacial score (nSPS) is 15.2. The Morgan fingerprint density at radius 2 is 2.16 bits per heavy atom. The van der Waals surface area contributed by atoms with Gasteiger partial charge in [-0.05, 0) is 36.8 Å². The van der Waals surface area contributed by atoms with Crippen LogP contribution in [0.3, 0.4) is 0 Å². The Labute approximate surface area is 180 Å². The number of fused-ring (bicyclic) bond motifs is 1. The number of nitrogens with one attached hydrogen (secondary N) is 1. The first-order valence-electron chi connectivity index (χ1n) is 10.5. The van der Waals surface area contributed by atoms with Crippen molar-refractivity contribution in [2.45, 2.75) is 32.5 Å². The van der Waals surface area contributed by atoms with Crippen molar-refractivity contribution in [3.8, 4) is 5.75 Å². The molecule has 2 N–H and O–H groups in total. The van der Waals surface area contributed by atoms with E-state index >= 15 is 0 Å². The van der Waals surface area contributed by atoms with Crippen molar-refractivity contribution in [2.24, 2.45) is 0 Å². The number of aliphatic hydroxyl groups excluding tert-OH is 1. The lowest BCUT2D eigenvalue weighted by Gasteiger charge is -2.20. The van der Waals surface area contributed by atoms with Gasteiger partial charge in [-0.1, -0.05) is 12.1 Å². The van der Waals surface area contributed by atoms with Crippen LogP contribution in [-0.4, -0.2) is 57.0 Å². The second kappa shape index (κ2) is 9.76. The molecule has 9 heteroatoms. The molecule has 3 aromatic rings. The van der Waals surface area contributed by atoms with Crippen molar-refractivity contribution in [3.63, 3.8) is 0 Å². The van der Waals surface area contributed by atoms with Crippen LogP contribution in [0.25, 0.3) is 0 Å². The molecule has 1 amide bonds. The summed E-state index contributed by atoms with van der Waals surface area (Å²) in [6, 6.07) is 11.0. The molecular formula is C22H27N5O4. The smallest absolute Gasteiger partial charge is 0.287 e. The molecule has 0 saturated carbocycles. The van der Waals surface area contributed by atoms with Gasteiger partial charge in [-0.15, -0.1) is 10.2 Å². The van der Waals surface area contributed by atoms with E-state index in [0.29, 0.717) is 6.61 Å². The molecule has 0 aliphatic carbocycles. The molecule has 2 aromatic heterocycles. The minimum atomic E-state index is -0.286. The van der Waals surface area contributed by atoms with Crippen molar-refractivity contribution < 1.29 is 19.1 Å². The molecule has 1 atom stereocenters. The molecule has 3 heterocycles. The number of ether oxygens (including phenoxy) is 1. The lowest BCUT2D eigenvalue weighted by molar-refractivity contribution is 0.0909. The van der Waals surface area contributed by atoms with E-state index in [-0.39, 0.29) is 24.3 Å². The fourth-order valence-electron chi connectivity index (χ4n) is 3.76. The van der Waals surface area contributed by atoms with Crippen molar-refractivity contribution in [1.82, 2.24) is 25.0 Å². The fraction of sp³-hybridized carbons (Fsp3) is 0.409. The number of aromatic nitrogens is 3. The molecule has 0 saturated heterocycles. The molecule has 1 aliphatic heterocycles. The Kier molecular flexibility index (Phi) is 6.63. The van der Waals surface area contributed by atoms with Gasteiger partial charge in [0.25, 0.3) is 5.91 Å². The summed E-state index contributed by atoms with van der Waals surface area (Å²) in [5.74, 6) is 2.45. The lowest BCUT2D eigenvalue weighted by atomic mass is 10.2. The highest BCUT2D eigenvalue weighted by molar-refractivity contribution is 5.91. The number of carbonyl (C=O) groups excluding carboxylic acids is 1. The average Bonchev–Trinajstić information content (AvgIpc) is 3.41. The highest BCUT2D eigenvalue weighted by Crippen LogP contribution is 2.19. The van der Waals surface area contributed by atoms with Gasteiger partial charge in [0.15, 0.2) is 11.6 Å². The van der Waals surface area contributed by atoms with Crippen LogP contribution in [0.15, 0.2) is 47.1 Å². The maximum absolute atomic E-state index is 12.3. The Hall–Kier alpha value is -3.17. The standard InChI is InChI=1S/C22H27N5O4/c1-16(23-22(29)19-6-3-12-31-19)21-25-24-20-7-8-26(9-10-27(20)21)15-17-4-2-5-18(14-17)30-13-11-28/h2-6,12,14,16,28H,7-11,13,15H2,1H3,(H,23,29). The van der Waals surface area contributed by atoms with Crippen LogP contribution >= 0.6 is 0 Å². The van der Waals surface area contributed by atoms with Crippen LogP contribution in [0.5, 0.6) is 5.75 Å². The quantitative estimate of drug-likeness (QED) is 0.567. The molecule has 0 bridgehead atoms. The van der Waals surface area contributed by atoms with E-state index in [1.165, 1.54) is 6.26 Å². The van der Waals surface area contributed by atoms with Crippen molar-refractivity contribution in [1.29, 1.82) is 0 Å². The predicted molar refractivity (Wildman–Crippen MR) is 113 cm³/mol. The average molecular weight is 425 g/mol. The monoisotopic (exact) mass is 425 g/mol. The SMILES string of the molecule is CC(NC(=O)c1ccco1)c1nnc2n1CCN(Cc1cccc(OCCO)c1)CC2. The first kappa shape index (κ1) is 21.1. The van der Waals surface area contributed by atoms with Crippen LogP contribution in [0, 0.1) is 0 Å². The van der Waals surface area contributed by atoms with Gasteiger partial charge in [-0.25, -0.2) is 0 Å². The maximum Gasteiger partial charge on any atom is 0.287 e. The van der Waals surface area contributed by atoms with Gasteiger partial charge in [-0.2, -0.15) is 0 Å². The van der Waals surface area contributed by atoms with Crippen molar-refractivity contribution >= 4 is 5.91 Å². The zero-order valence-corrected chi connectivity index (χ0v) is 17.5. The van der Waals surface area contributed by atoms with Crippen LogP contribution in [0.1, 0.15) is 40.7 Å². The minimum absolute atomic E-state index is 0.00141. The first-order chi connectivity index (χ1) is 15.1. The third-order valence-corrected chi connectivity index (χ3v) is 5.29. The summed E-state index contributed by atoms with van der Waals surface area (Å²) in [5.41, 5.74) is 1.16. The topological polar surface area (TPSA) is 106 Å². The third kappa shape index (κ3) is 5.12. The van der Waals surface area contributed by atoms with E-state index < -0.39 is 0 Å². The van der Waals surface area contributed by atoms with Gasteiger partial charge < -0.3 is 24.1 Å². The van der Waals surface area contributed by atoms with Crippen LogP contribution < -0.4 is 10.1 Å². The molecule has 1 aromatic carbocycles. The van der Waals surface area contributed by atoms with E-state index in [1.807, 2.05) is 25.1 Å². The number of amides is 1. The summed E-state index contributed by atoms with van der Waals surface area (Å²) in [6.07, 6.45) is 2.26. The summed E-state index contributed by atoms with van der Waals surface area (Å²) >= 11 is 0. The zero-order chi connectivity index (χ0) is 21.6. The fourth-order valence-corrected chi connectivity index (χ4v) is 3.76. The van der Waals surface area contributed by atoms with E-state index in [9.17, 15) is 4.79 Å². The number of aliphatic hydroxyl groups is 1. The van der Waals surface area contributed by atoms with E-state index in [4.69, 9.17) is 14.3 Å². The molecule has 164 valence electrons. The van der Waals surface area contributed by atoms with Crippen LogP contribution in [0.2, 0.25) is 0 Å². The highest BCUT2D eigenvalue weighted by atomic mass is 16.5. The highest BCUT2D eigenvalue weighted by Gasteiger charge is 2.23. The second-order valence-electron chi connectivity index (χ2n) is 7.54. The molecule has 1 aliphatic rings. The Morgan fingerprint density at radius 1 is 1.26 bits per heavy atom. The molecule has 9 nitrogen and oxygen atoms in total. The number of rotatable bonds is 8. The maximum atomic E-state index is 12.3. The number of hydrogen-bond acceptors (Lipinski definition) is 7. The Bertz CT molecular complexity index is 1000. The van der Waals surface area contributed by atoms with Gasteiger partial charge in [0, 0.05) is 32.6 Å². The lowest BCUT2D eigenvalue weighted by Crippen LogP contribution is -2.30. The summed E-state index contributed by atoms with van der Waals surface area (Å²) in [6.45, 7) is 5.45. The van der Waals surface area contributed by atoms with E-state index in [2.05, 4.69) is 31.0 Å². The van der Waals surface area contributed by atoms with E-state index in [0.717, 1.165) is 55.6 Å². The second-order valence-corrected chi connectivity index (χ2v) is 7.54. The molecule has 0 radical (unpaired) electrons. The molecule has 0 fully saturated rings. The molecule has 31 heavy (non-hydrogen) atoms. The van der Waals surface area contributed by atoms with Gasteiger partial charge in [-0.3, -0.25) is 9.69 Å². The molecule has 4 rings (SSSR count). The number of nitrogens with zero attached hydrogens (tertiary/aromatic N) is 4. The number of furan rings is 1. The summed E-state index contributed by atoms with van der Waals surface area (Å²) in [5, 5.41) is 20.6. The number of hydrogen-bond donors (Lipinski definition) is 2. The third-order valence-electron chi connectivity index (χ3n) is 5.29. The van der Waals surface area contributed by atoms with Gasteiger partial charge >= 0.3 is 0 Å². The minimum Gasteiger partial charge on any atom is -0.491 e. The van der Waals surface area contributed by atoms with Gasteiger partial charge in [0.2, 0.25) is 0 Å². The summed E-state index contributed by atoms with van der Waals surface area (Å²) in [4.78, 5) is 14.7. The van der Waals surface area contributed by atoms with Crippen molar-refractivity contribution in [2.75, 3.05) is 26.3 Å². The predicted octanol–water partition coefficient (Wildman–Crippen LogP) is 1.79. The molecular weight excluding hydrogens is 398 g/mol. The Morgan fingerprint density at radius 3 is 2.97 bits per heavy atom. The van der Waals surface area contributed by atoms with Gasteiger partial charge in [0.05, 0.1) is 18.9 Å². The zero-order valence-electron chi connectivity index (χ0n) is 17.5. The van der Waals surface area contributed by atoms with Gasteiger partial charge in [0.1, 0.15) is 18.2 Å². The van der Waals surface area contributed by atoms with E-state index in [1.54, 1.807) is 12.1 Å². The summed E-state index contributed by atoms with van der Waals surface area (Å²) < 4.78 is 12.8. The van der Waals surface area contributed by atoms with Crippen molar-refractivity contribution in [3.05, 3.63) is 65.6 Å².